The summed E-state index contributed by atoms with van der Waals surface area (Å²) in [5.41, 5.74) is 0.993. The molecule has 0 aliphatic carbocycles. The summed E-state index contributed by atoms with van der Waals surface area (Å²) in [6.45, 7) is 11.7. The van der Waals surface area contributed by atoms with E-state index in [4.69, 9.17) is 9.26 Å². The highest BCUT2D eigenvalue weighted by molar-refractivity contribution is 5.79. The number of aromatic nitrogens is 1. The minimum absolute atomic E-state index is 0.597. The zero-order valence-corrected chi connectivity index (χ0v) is 15.2. The highest BCUT2D eigenvalue weighted by Crippen LogP contribution is 2.07. The van der Waals surface area contributed by atoms with Crippen molar-refractivity contribution in [2.24, 2.45) is 10.9 Å². The Kier molecular flexibility index (Phi) is 8.04. The Morgan fingerprint density at radius 1 is 1.38 bits per heavy atom. The maximum Gasteiger partial charge on any atom is 0.193 e. The second-order valence-corrected chi connectivity index (χ2v) is 6.55. The third kappa shape index (κ3) is 6.49. The summed E-state index contributed by atoms with van der Waals surface area (Å²) in [5, 5.41) is 7.42. The molecule has 2 heterocycles. The van der Waals surface area contributed by atoms with Gasteiger partial charge >= 0.3 is 0 Å². The largest absolute Gasteiger partial charge is 0.381 e. The molecule has 1 fully saturated rings. The number of ether oxygens (including phenoxy) is 1. The smallest absolute Gasteiger partial charge is 0.193 e. The summed E-state index contributed by atoms with van der Waals surface area (Å²) >= 11 is 0. The van der Waals surface area contributed by atoms with Crippen LogP contribution < -0.4 is 5.32 Å². The Morgan fingerprint density at radius 3 is 2.79 bits per heavy atom. The SMILES string of the molecule is CN=C(NCCCOCC(C)C)N1CCN(Cc2ccon2)CC1. The first kappa shape index (κ1) is 18.7. The van der Waals surface area contributed by atoms with Crippen LogP contribution in [-0.2, 0) is 11.3 Å². The molecule has 0 saturated carbocycles. The number of nitrogens with one attached hydrogen (secondary N) is 1. The van der Waals surface area contributed by atoms with Crippen LogP contribution in [0.5, 0.6) is 0 Å². The predicted molar refractivity (Wildman–Crippen MR) is 95.0 cm³/mol. The van der Waals surface area contributed by atoms with E-state index in [1.54, 1.807) is 6.26 Å². The fourth-order valence-electron chi connectivity index (χ4n) is 2.69. The summed E-state index contributed by atoms with van der Waals surface area (Å²) in [6.07, 6.45) is 2.63. The normalized spacial score (nSPS) is 16.8. The minimum atomic E-state index is 0.597. The van der Waals surface area contributed by atoms with E-state index in [9.17, 15) is 0 Å². The summed E-state index contributed by atoms with van der Waals surface area (Å²) in [4.78, 5) is 9.11. The van der Waals surface area contributed by atoms with Gasteiger partial charge in [-0.15, -0.1) is 0 Å². The van der Waals surface area contributed by atoms with E-state index in [0.29, 0.717) is 5.92 Å². The molecule has 1 aromatic rings. The van der Waals surface area contributed by atoms with Crippen molar-refractivity contribution in [2.75, 3.05) is 53.0 Å². The van der Waals surface area contributed by atoms with Crippen molar-refractivity contribution in [1.82, 2.24) is 20.3 Å². The topological polar surface area (TPSA) is 66.1 Å². The van der Waals surface area contributed by atoms with Gasteiger partial charge in [-0.3, -0.25) is 9.89 Å². The molecule has 0 atom stereocenters. The molecule has 0 bridgehead atoms. The zero-order chi connectivity index (χ0) is 17.2. The van der Waals surface area contributed by atoms with Crippen molar-refractivity contribution in [3.05, 3.63) is 18.0 Å². The van der Waals surface area contributed by atoms with Crippen LogP contribution >= 0.6 is 0 Å². The summed E-state index contributed by atoms with van der Waals surface area (Å²) in [6, 6.07) is 1.92. The average molecular weight is 337 g/mol. The standard InChI is InChI=1S/C17H31N5O2/c1-15(2)14-23-11-4-6-19-17(18-3)22-9-7-21(8-10-22)13-16-5-12-24-20-16/h5,12,15H,4,6-11,13-14H2,1-3H3,(H,18,19). The van der Waals surface area contributed by atoms with Crippen molar-refractivity contribution in [2.45, 2.75) is 26.8 Å². The van der Waals surface area contributed by atoms with E-state index in [-0.39, 0.29) is 0 Å². The first-order valence-electron chi connectivity index (χ1n) is 8.84. The number of hydrogen-bond donors (Lipinski definition) is 1. The maximum atomic E-state index is 5.61. The lowest BCUT2D eigenvalue weighted by Crippen LogP contribution is -2.52. The van der Waals surface area contributed by atoms with E-state index < -0.39 is 0 Å². The Balaban J connectivity index is 1.62. The highest BCUT2D eigenvalue weighted by atomic mass is 16.5. The van der Waals surface area contributed by atoms with Crippen molar-refractivity contribution in [3.8, 4) is 0 Å². The van der Waals surface area contributed by atoms with Gasteiger partial charge in [-0.05, 0) is 12.3 Å². The maximum absolute atomic E-state index is 5.61. The molecule has 1 aliphatic heterocycles. The molecule has 0 aromatic carbocycles. The lowest BCUT2D eigenvalue weighted by atomic mass is 10.2. The van der Waals surface area contributed by atoms with Crippen molar-refractivity contribution >= 4 is 5.96 Å². The fourth-order valence-corrected chi connectivity index (χ4v) is 2.69. The Hall–Kier alpha value is -1.60. The van der Waals surface area contributed by atoms with Gasteiger partial charge in [0.1, 0.15) is 6.26 Å². The summed E-state index contributed by atoms with van der Waals surface area (Å²) in [5.74, 6) is 1.58. The van der Waals surface area contributed by atoms with Gasteiger partial charge in [0, 0.05) is 65.6 Å². The van der Waals surface area contributed by atoms with Crippen LogP contribution in [-0.4, -0.2) is 73.9 Å². The fraction of sp³-hybridized carbons (Fsp3) is 0.765. The third-order valence-electron chi connectivity index (χ3n) is 3.96. The number of aliphatic imine (C=N–C) groups is 1. The van der Waals surface area contributed by atoms with Crippen LogP contribution in [0.2, 0.25) is 0 Å². The molecule has 0 spiro atoms. The molecule has 1 aliphatic rings. The summed E-state index contributed by atoms with van der Waals surface area (Å²) in [7, 11) is 1.85. The molecular formula is C17H31N5O2. The van der Waals surface area contributed by atoms with Crippen LogP contribution in [0.4, 0.5) is 0 Å². The highest BCUT2D eigenvalue weighted by Gasteiger charge is 2.19. The minimum Gasteiger partial charge on any atom is -0.381 e. The van der Waals surface area contributed by atoms with E-state index >= 15 is 0 Å². The van der Waals surface area contributed by atoms with Crippen LogP contribution in [0.1, 0.15) is 26.0 Å². The Labute approximate surface area is 145 Å². The zero-order valence-electron chi connectivity index (χ0n) is 15.2. The lowest BCUT2D eigenvalue weighted by Gasteiger charge is -2.36. The van der Waals surface area contributed by atoms with Crippen molar-refractivity contribution in [1.29, 1.82) is 0 Å². The van der Waals surface area contributed by atoms with E-state index in [0.717, 1.165) is 70.6 Å². The number of guanidine groups is 1. The molecule has 1 N–H and O–H groups in total. The molecule has 24 heavy (non-hydrogen) atoms. The van der Waals surface area contributed by atoms with Crippen molar-refractivity contribution < 1.29 is 9.26 Å². The third-order valence-corrected chi connectivity index (χ3v) is 3.96. The molecule has 0 radical (unpaired) electrons. The number of piperazine rings is 1. The lowest BCUT2D eigenvalue weighted by molar-refractivity contribution is 0.108. The van der Waals surface area contributed by atoms with E-state index in [1.165, 1.54) is 0 Å². The molecule has 136 valence electrons. The van der Waals surface area contributed by atoms with Gasteiger partial charge in [0.2, 0.25) is 0 Å². The molecule has 0 amide bonds. The first-order chi connectivity index (χ1) is 11.7. The molecule has 1 saturated heterocycles. The van der Waals surface area contributed by atoms with E-state index in [1.807, 2.05) is 13.1 Å². The number of nitrogens with zero attached hydrogens (tertiary/aromatic N) is 4. The molecular weight excluding hydrogens is 306 g/mol. The number of hydrogen-bond acceptors (Lipinski definition) is 5. The average Bonchev–Trinajstić information content (AvgIpc) is 3.08. The second-order valence-electron chi connectivity index (χ2n) is 6.55. The molecule has 7 heteroatoms. The van der Waals surface area contributed by atoms with Gasteiger partial charge in [0.25, 0.3) is 0 Å². The van der Waals surface area contributed by atoms with Crippen LogP contribution in [0.25, 0.3) is 0 Å². The molecule has 7 nitrogen and oxygen atoms in total. The van der Waals surface area contributed by atoms with Crippen molar-refractivity contribution in [3.63, 3.8) is 0 Å². The van der Waals surface area contributed by atoms with Gasteiger partial charge in [-0.25, -0.2) is 0 Å². The molecule has 1 aromatic heterocycles. The monoisotopic (exact) mass is 337 g/mol. The first-order valence-corrected chi connectivity index (χ1v) is 8.84. The Bertz CT molecular complexity index is 467. The van der Waals surface area contributed by atoms with Gasteiger partial charge in [0.15, 0.2) is 5.96 Å². The molecule has 2 rings (SSSR count). The van der Waals surface area contributed by atoms with Crippen LogP contribution in [0.3, 0.4) is 0 Å². The second kappa shape index (κ2) is 10.3. The van der Waals surface area contributed by atoms with Gasteiger partial charge in [0.05, 0.1) is 5.69 Å². The van der Waals surface area contributed by atoms with Crippen LogP contribution in [0.15, 0.2) is 21.8 Å². The number of rotatable bonds is 8. The Morgan fingerprint density at radius 2 is 2.17 bits per heavy atom. The van der Waals surface area contributed by atoms with Crippen LogP contribution in [0, 0.1) is 5.92 Å². The summed E-state index contributed by atoms with van der Waals surface area (Å²) < 4.78 is 10.5. The molecule has 0 unspecified atom stereocenters. The van der Waals surface area contributed by atoms with Gasteiger partial charge in [-0.2, -0.15) is 0 Å². The van der Waals surface area contributed by atoms with E-state index in [2.05, 4.69) is 39.1 Å². The predicted octanol–water partition coefficient (Wildman–Crippen LogP) is 1.43. The van der Waals surface area contributed by atoms with Gasteiger partial charge < -0.3 is 19.5 Å². The quantitative estimate of drug-likeness (QED) is 0.440. The van der Waals surface area contributed by atoms with Gasteiger partial charge in [-0.1, -0.05) is 19.0 Å².